The largest absolute Gasteiger partial charge is 0.497 e. The van der Waals surface area contributed by atoms with E-state index in [0.29, 0.717) is 10.6 Å². The average Bonchev–Trinajstić information content (AvgIpc) is 2.80. The van der Waals surface area contributed by atoms with E-state index in [-0.39, 0.29) is 11.5 Å². The number of rotatable bonds is 3. The summed E-state index contributed by atoms with van der Waals surface area (Å²) >= 11 is 12.4. The fourth-order valence-electron chi connectivity index (χ4n) is 2.64. The predicted molar refractivity (Wildman–Crippen MR) is 91.2 cm³/mol. The van der Waals surface area contributed by atoms with Crippen LogP contribution in [-0.4, -0.2) is 30.8 Å². The quantitative estimate of drug-likeness (QED) is 0.752. The Morgan fingerprint density at radius 3 is 2.24 bits per heavy atom. The third-order valence-electron chi connectivity index (χ3n) is 3.90. The van der Waals surface area contributed by atoms with Crippen molar-refractivity contribution in [3.63, 3.8) is 0 Å². The molecule has 0 aromatic heterocycles. The summed E-state index contributed by atoms with van der Waals surface area (Å²) in [6.07, 6.45) is 0. The van der Waals surface area contributed by atoms with Crippen molar-refractivity contribution in [1.29, 1.82) is 0 Å². The van der Waals surface area contributed by atoms with Gasteiger partial charge >= 0.3 is 0 Å². The van der Waals surface area contributed by atoms with Crippen molar-refractivity contribution < 1.29 is 18.3 Å². The van der Waals surface area contributed by atoms with Gasteiger partial charge in [-0.05, 0) is 17.7 Å². The Balaban J connectivity index is 2.22. The number of benzene rings is 2. The summed E-state index contributed by atoms with van der Waals surface area (Å²) in [6.45, 7) is 0. The first-order valence-corrected chi connectivity index (χ1v) is 7.90. The van der Waals surface area contributed by atoms with Gasteiger partial charge in [0.2, 0.25) is 0 Å². The van der Waals surface area contributed by atoms with Gasteiger partial charge in [-0.15, -0.1) is 0 Å². The Kier molecular flexibility index (Phi) is 4.43. The number of ether oxygens (including phenoxy) is 1. The molecule has 0 saturated heterocycles. The summed E-state index contributed by atoms with van der Waals surface area (Å²) < 4.78 is 33.9. The molecule has 1 aliphatic rings. The van der Waals surface area contributed by atoms with Crippen molar-refractivity contribution in [2.45, 2.75) is 4.87 Å². The molecule has 0 N–H and O–H groups in total. The molecule has 0 bridgehead atoms. The number of nitrogens with zero attached hydrogens (tertiary/aromatic N) is 2. The number of hydrogen-bond donors (Lipinski definition) is 0. The van der Waals surface area contributed by atoms with Crippen LogP contribution in [0.3, 0.4) is 0 Å². The first-order chi connectivity index (χ1) is 11.8. The summed E-state index contributed by atoms with van der Waals surface area (Å²) in [5, 5.41) is 5.38. The summed E-state index contributed by atoms with van der Waals surface area (Å²) in [6, 6.07) is 8.10. The van der Waals surface area contributed by atoms with Crippen LogP contribution in [0.15, 0.2) is 41.5 Å². The normalized spacial score (nSPS) is 20.0. The smallest absolute Gasteiger partial charge is 0.274 e. The lowest BCUT2D eigenvalue weighted by molar-refractivity contribution is -0.129. The Labute approximate surface area is 152 Å². The summed E-state index contributed by atoms with van der Waals surface area (Å²) in [5.74, 6) is -2.49. The lowest BCUT2D eigenvalue weighted by atomic mass is 9.88. The van der Waals surface area contributed by atoms with Crippen LogP contribution >= 0.6 is 23.2 Å². The number of methoxy groups -OCH3 is 1. The third kappa shape index (κ3) is 2.75. The van der Waals surface area contributed by atoms with Gasteiger partial charge in [-0.3, -0.25) is 4.79 Å². The molecule has 4 nitrogen and oxygen atoms in total. The summed E-state index contributed by atoms with van der Waals surface area (Å²) in [7, 11) is 2.65. The molecule has 3 rings (SSSR count). The van der Waals surface area contributed by atoms with Gasteiger partial charge in [-0.2, -0.15) is 5.10 Å². The Morgan fingerprint density at radius 1 is 1.16 bits per heavy atom. The second-order valence-corrected chi connectivity index (χ2v) is 6.41. The molecule has 1 atom stereocenters. The van der Waals surface area contributed by atoms with E-state index in [4.69, 9.17) is 27.9 Å². The lowest BCUT2D eigenvalue weighted by Crippen LogP contribution is -2.39. The third-order valence-corrected chi connectivity index (χ3v) is 4.71. The predicted octanol–water partition coefficient (Wildman–Crippen LogP) is 3.94. The maximum Gasteiger partial charge on any atom is 0.274 e. The second-order valence-electron chi connectivity index (χ2n) is 5.41. The van der Waals surface area contributed by atoms with Gasteiger partial charge in [-0.25, -0.2) is 13.8 Å². The van der Waals surface area contributed by atoms with E-state index in [0.717, 1.165) is 17.1 Å². The van der Waals surface area contributed by atoms with Crippen LogP contribution in [0.2, 0.25) is 5.02 Å². The average molecular weight is 385 g/mol. The van der Waals surface area contributed by atoms with E-state index in [2.05, 4.69) is 5.10 Å². The zero-order chi connectivity index (χ0) is 18.4. The fraction of sp³-hybridized carbons (Fsp3) is 0.176. The SMILES string of the molecule is COc1cc(F)c(C2=NN(C)C(=O)C2(Cl)c2ccc(Cl)cc2)c(F)c1. The molecule has 2 aromatic carbocycles. The van der Waals surface area contributed by atoms with Crippen LogP contribution in [0.5, 0.6) is 5.75 Å². The molecular formula is C17H12Cl2F2N2O2. The van der Waals surface area contributed by atoms with Gasteiger partial charge < -0.3 is 4.74 Å². The first-order valence-electron chi connectivity index (χ1n) is 7.14. The van der Waals surface area contributed by atoms with Gasteiger partial charge in [0.05, 0.1) is 12.7 Å². The van der Waals surface area contributed by atoms with Crippen molar-refractivity contribution in [1.82, 2.24) is 5.01 Å². The molecule has 2 aromatic rings. The van der Waals surface area contributed by atoms with Crippen molar-refractivity contribution >= 4 is 34.8 Å². The maximum absolute atomic E-state index is 14.5. The van der Waals surface area contributed by atoms with Crippen molar-refractivity contribution in [3.8, 4) is 5.75 Å². The highest BCUT2D eigenvalue weighted by molar-refractivity contribution is 6.50. The molecule has 0 spiro atoms. The maximum atomic E-state index is 14.5. The fourth-order valence-corrected chi connectivity index (χ4v) is 3.15. The van der Waals surface area contributed by atoms with Crippen LogP contribution < -0.4 is 4.74 Å². The first kappa shape index (κ1) is 17.6. The van der Waals surface area contributed by atoms with Crippen molar-refractivity contribution in [2.75, 3.05) is 14.2 Å². The van der Waals surface area contributed by atoms with Gasteiger partial charge in [0, 0.05) is 24.2 Å². The molecule has 1 amide bonds. The van der Waals surface area contributed by atoms with Crippen LogP contribution in [0.25, 0.3) is 0 Å². The molecule has 130 valence electrons. The monoisotopic (exact) mass is 384 g/mol. The number of carbonyl (C=O) groups is 1. The van der Waals surface area contributed by atoms with Crippen LogP contribution in [-0.2, 0) is 9.67 Å². The van der Waals surface area contributed by atoms with Gasteiger partial charge in [0.1, 0.15) is 23.1 Å². The summed E-state index contributed by atoms with van der Waals surface area (Å²) in [5.41, 5.74) is -0.411. The molecule has 0 radical (unpaired) electrons. The van der Waals surface area contributed by atoms with E-state index < -0.39 is 28.0 Å². The molecule has 0 fully saturated rings. The van der Waals surface area contributed by atoms with Crippen LogP contribution in [0, 0.1) is 11.6 Å². The van der Waals surface area contributed by atoms with E-state index in [1.165, 1.54) is 38.4 Å². The zero-order valence-corrected chi connectivity index (χ0v) is 14.7. The minimum atomic E-state index is -1.87. The molecule has 1 unspecified atom stereocenters. The molecule has 8 heteroatoms. The highest BCUT2D eigenvalue weighted by Gasteiger charge is 2.52. The van der Waals surface area contributed by atoms with E-state index in [9.17, 15) is 13.6 Å². The number of likely N-dealkylation sites (N-methyl/N-ethyl adjacent to an activating group) is 1. The minimum absolute atomic E-state index is 0.00342. The van der Waals surface area contributed by atoms with E-state index in [1.807, 2.05) is 0 Å². The molecule has 0 aliphatic carbocycles. The minimum Gasteiger partial charge on any atom is -0.497 e. The number of hydrazone groups is 1. The van der Waals surface area contributed by atoms with Gasteiger partial charge in [-0.1, -0.05) is 35.3 Å². The van der Waals surface area contributed by atoms with E-state index in [1.54, 1.807) is 0 Å². The Morgan fingerprint density at radius 2 is 1.72 bits per heavy atom. The Bertz CT molecular complexity index is 864. The summed E-state index contributed by atoms with van der Waals surface area (Å²) in [4.78, 5) is 10.8. The lowest BCUT2D eigenvalue weighted by Gasteiger charge is -2.23. The topological polar surface area (TPSA) is 41.9 Å². The van der Waals surface area contributed by atoms with Crippen molar-refractivity contribution in [3.05, 3.63) is 64.2 Å². The molecule has 1 aliphatic heterocycles. The number of amides is 1. The van der Waals surface area contributed by atoms with Gasteiger partial charge in [0.15, 0.2) is 4.87 Å². The number of halogens is 4. The number of carbonyl (C=O) groups excluding carboxylic acids is 1. The standard InChI is InChI=1S/C17H12Cl2F2N2O2/c1-23-16(24)17(19,9-3-5-10(18)6-4-9)15(22-23)14-12(20)7-11(25-2)8-13(14)21/h3-8H,1-2H3. The molecule has 25 heavy (non-hydrogen) atoms. The molecule has 0 saturated carbocycles. The number of alkyl halides is 1. The van der Waals surface area contributed by atoms with Gasteiger partial charge in [0.25, 0.3) is 5.91 Å². The second kappa shape index (κ2) is 6.28. The van der Waals surface area contributed by atoms with E-state index >= 15 is 0 Å². The molecule has 1 heterocycles. The van der Waals surface area contributed by atoms with Crippen molar-refractivity contribution in [2.24, 2.45) is 5.10 Å². The highest BCUT2D eigenvalue weighted by Crippen LogP contribution is 2.41. The zero-order valence-electron chi connectivity index (χ0n) is 13.2. The Hall–Kier alpha value is -2.18. The van der Waals surface area contributed by atoms with Crippen LogP contribution in [0.4, 0.5) is 8.78 Å². The molecular weight excluding hydrogens is 373 g/mol. The highest BCUT2D eigenvalue weighted by atomic mass is 35.5. The van der Waals surface area contributed by atoms with Crippen LogP contribution in [0.1, 0.15) is 11.1 Å². The number of hydrogen-bond acceptors (Lipinski definition) is 3.